The van der Waals surface area contributed by atoms with Gasteiger partial charge < -0.3 is 19.7 Å². The molecule has 0 saturated carbocycles. The number of rotatable bonds is 5. The smallest absolute Gasteiger partial charge is 0.338 e. The molecule has 0 aromatic heterocycles. The maximum Gasteiger partial charge on any atom is 0.338 e. The maximum absolute atomic E-state index is 12.3. The van der Waals surface area contributed by atoms with Gasteiger partial charge in [0.2, 0.25) is 0 Å². The zero-order valence-corrected chi connectivity index (χ0v) is 16.6. The lowest BCUT2D eigenvalue weighted by atomic mass is 10.2. The maximum atomic E-state index is 12.3. The Bertz CT molecular complexity index is 804. The Balaban J connectivity index is 1.55. The Morgan fingerprint density at radius 2 is 1.85 bits per heavy atom. The lowest BCUT2D eigenvalue weighted by Gasteiger charge is -2.28. The summed E-state index contributed by atoms with van der Waals surface area (Å²) in [6.45, 7) is 4.70. The normalized spacial score (nSPS) is 15.1. The largest absolute Gasteiger partial charge is 0.449 e. The summed E-state index contributed by atoms with van der Waals surface area (Å²) in [4.78, 5) is 26.7. The minimum Gasteiger partial charge on any atom is -0.449 e. The highest BCUT2D eigenvalue weighted by Gasteiger charge is 2.19. The van der Waals surface area contributed by atoms with Gasteiger partial charge in [0.1, 0.15) is 0 Å². The van der Waals surface area contributed by atoms with E-state index in [1.807, 2.05) is 30.3 Å². The van der Waals surface area contributed by atoms with E-state index in [9.17, 15) is 9.59 Å². The first-order chi connectivity index (χ1) is 13.0. The van der Waals surface area contributed by atoms with Crippen LogP contribution in [0.1, 0.15) is 17.3 Å². The molecule has 142 valence electrons. The van der Waals surface area contributed by atoms with E-state index < -0.39 is 12.1 Å². The highest BCUT2D eigenvalue weighted by Crippen LogP contribution is 2.19. The highest BCUT2D eigenvalue weighted by atomic mass is 79.9. The van der Waals surface area contributed by atoms with Crippen LogP contribution in [0.5, 0.6) is 0 Å². The number of benzene rings is 2. The summed E-state index contributed by atoms with van der Waals surface area (Å²) in [6.07, 6.45) is -0.907. The van der Waals surface area contributed by atoms with Crippen LogP contribution in [-0.2, 0) is 14.3 Å². The van der Waals surface area contributed by atoms with Crippen LogP contribution >= 0.6 is 15.9 Å². The quantitative estimate of drug-likeness (QED) is 0.732. The van der Waals surface area contributed by atoms with Gasteiger partial charge in [-0.3, -0.25) is 4.79 Å². The summed E-state index contributed by atoms with van der Waals surface area (Å²) in [5.41, 5.74) is 2.13. The average Bonchev–Trinajstić information content (AvgIpc) is 2.69. The van der Waals surface area contributed by atoms with Gasteiger partial charge in [0, 0.05) is 28.9 Å². The van der Waals surface area contributed by atoms with E-state index in [2.05, 4.69) is 26.1 Å². The lowest BCUT2D eigenvalue weighted by molar-refractivity contribution is -0.123. The molecule has 0 bridgehead atoms. The molecular formula is C20H21BrN2O4. The highest BCUT2D eigenvalue weighted by molar-refractivity contribution is 9.10. The number of ether oxygens (including phenoxy) is 2. The van der Waals surface area contributed by atoms with Crippen LogP contribution in [0.3, 0.4) is 0 Å². The zero-order chi connectivity index (χ0) is 19.2. The van der Waals surface area contributed by atoms with E-state index in [0.29, 0.717) is 11.3 Å². The number of carbonyl (C=O) groups excluding carboxylic acids is 2. The van der Waals surface area contributed by atoms with Gasteiger partial charge in [-0.15, -0.1) is 0 Å². The van der Waals surface area contributed by atoms with Crippen molar-refractivity contribution in [3.8, 4) is 0 Å². The molecular weight excluding hydrogens is 412 g/mol. The summed E-state index contributed by atoms with van der Waals surface area (Å²) >= 11 is 3.31. The van der Waals surface area contributed by atoms with Crippen molar-refractivity contribution in [3.63, 3.8) is 0 Å². The molecule has 1 atom stereocenters. The van der Waals surface area contributed by atoms with Gasteiger partial charge in [-0.1, -0.05) is 22.0 Å². The average molecular weight is 433 g/mol. The third-order valence-electron chi connectivity index (χ3n) is 4.22. The van der Waals surface area contributed by atoms with Crippen molar-refractivity contribution in [1.29, 1.82) is 0 Å². The van der Waals surface area contributed by atoms with Crippen molar-refractivity contribution in [2.45, 2.75) is 13.0 Å². The zero-order valence-electron chi connectivity index (χ0n) is 15.0. The molecule has 0 radical (unpaired) electrons. The van der Waals surface area contributed by atoms with Gasteiger partial charge in [0.05, 0.1) is 18.8 Å². The molecule has 2 aromatic carbocycles. The number of hydrogen-bond donors (Lipinski definition) is 1. The van der Waals surface area contributed by atoms with Gasteiger partial charge in [0.25, 0.3) is 5.91 Å². The van der Waals surface area contributed by atoms with E-state index in [4.69, 9.17) is 9.47 Å². The molecule has 2 aromatic rings. The fourth-order valence-electron chi connectivity index (χ4n) is 2.72. The summed E-state index contributed by atoms with van der Waals surface area (Å²) in [5.74, 6) is -0.918. The first-order valence-electron chi connectivity index (χ1n) is 8.73. The molecule has 1 N–H and O–H groups in total. The Morgan fingerprint density at radius 3 is 2.52 bits per heavy atom. The third kappa shape index (κ3) is 5.30. The Hall–Kier alpha value is -2.38. The molecule has 3 rings (SSSR count). The minimum absolute atomic E-state index is 0.377. The van der Waals surface area contributed by atoms with Crippen LogP contribution in [0.4, 0.5) is 11.4 Å². The van der Waals surface area contributed by atoms with Crippen LogP contribution in [-0.4, -0.2) is 44.3 Å². The Morgan fingerprint density at radius 1 is 1.15 bits per heavy atom. The molecule has 1 saturated heterocycles. The van der Waals surface area contributed by atoms with Crippen molar-refractivity contribution in [2.75, 3.05) is 36.5 Å². The van der Waals surface area contributed by atoms with Crippen molar-refractivity contribution in [2.24, 2.45) is 0 Å². The van der Waals surface area contributed by atoms with Crippen molar-refractivity contribution >= 4 is 39.2 Å². The first-order valence-corrected chi connectivity index (χ1v) is 9.52. The summed E-state index contributed by atoms with van der Waals surface area (Å²) in [5, 5.41) is 2.77. The number of nitrogens with one attached hydrogen (secondary N) is 1. The van der Waals surface area contributed by atoms with Crippen LogP contribution in [0, 0.1) is 0 Å². The second-order valence-electron chi connectivity index (χ2n) is 6.19. The van der Waals surface area contributed by atoms with E-state index in [-0.39, 0.29) is 5.91 Å². The van der Waals surface area contributed by atoms with E-state index in [1.165, 1.54) is 0 Å². The molecule has 0 aliphatic carbocycles. The van der Waals surface area contributed by atoms with Crippen LogP contribution in [0.25, 0.3) is 0 Å². The molecule has 1 heterocycles. The Kier molecular flexibility index (Phi) is 6.47. The molecule has 1 amide bonds. The number of hydrogen-bond acceptors (Lipinski definition) is 5. The van der Waals surface area contributed by atoms with Crippen LogP contribution in [0.2, 0.25) is 0 Å². The fraction of sp³-hybridized carbons (Fsp3) is 0.300. The predicted octanol–water partition coefficient (Wildman–Crippen LogP) is 3.47. The lowest BCUT2D eigenvalue weighted by Crippen LogP contribution is -2.36. The first kappa shape index (κ1) is 19.4. The predicted molar refractivity (Wildman–Crippen MR) is 107 cm³/mol. The van der Waals surface area contributed by atoms with E-state index >= 15 is 0 Å². The standard InChI is InChI=1S/C20H21BrN2O4/c1-14(27-20(25)15-3-2-4-16(21)13-15)19(24)22-17-5-7-18(8-6-17)23-9-11-26-12-10-23/h2-8,13-14H,9-12H2,1H3,(H,22,24). The summed E-state index contributed by atoms with van der Waals surface area (Å²) in [7, 11) is 0. The topological polar surface area (TPSA) is 67.9 Å². The van der Waals surface area contributed by atoms with E-state index in [1.54, 1.807) is 25.1 Å². The number of anilines is 2. The molecule has 1 fully saturated rings. The minimum atomic E-state index is -0.907. The number of morpholine rings is 1. The van der Waals surface area contributed by atoms with Crippen molar-refractivity contribution < 1.29 is 19.1 Å². The third-order valence-corrected chi connectivity index (χ3v) is 4.72. The second-order valence-corrected chi connectivity index (χ2v) is 7.11. The van der Waals surface area contributed by atoms with Crippen molar-refractivity contribution in [1.82, 2.24) is 0 Å². The van der Waals surface area contributed by atoms with Gasteiger partial charge >= 0.3 is 5.97 Å². The van der Waals surface area contributed by atoms with Gasteiger partial charge in [-0.05, 0) is 49.4 Å². The number of amides is 1. The Labute approximate surface area is 166 Å². The number of nitrogens with zero attached hydrogens (tertiary/aromatic N) is 1. The number of carbonyl (C=O) groups is 2. The van der Waals surface area contributed by atoms with E-state index in [0.717, 1.165) is 36.5 Å². The van der Waals surface area contributed by atoms with Gasteiger partial charge in [-0.2, -0.15) is 0 Å². The molecule has 0 spiro atoms. The second kappa shape index (κ2) is 9.01. The van der Waals surface area contributed by atoms with Gasteiger partial charge in [0.15, 0.2) is 6.10 Å². The fourth-order valence-corrected chi connectivity index (χ4v) is 3.12. The van der Waals surface area contributed by atoms with Crippen molar-refractivity contribution in [3.05, 3.63) is 58.6 Å². The SMILES string of the molecule is CC(OC(=O)c1cccc(Br)c1)C(=O)Nc1ccc(N2CCOCC2)cc1. The van der Waals surface area contributed by atoms with Crippen LogP contribution in [0.15, 0.2) is 53.0 Å². The summed E-state index contributed by atoms with van der Waals surface area (Å²) in [6, 6.07) is 14.4. The van der Waals surface area contributed by atoms with Gasteiger partial charge in [-0.25, -0.2) is 4.79 Å². The summed E-state index contributed by atoms with van der Waals surface area (Å²) < 4.78 is 11.4. The molecule has 1 unspecified atom stereocenters. The molecule has 1 aliphatic heterocycles. The molecule has 6 nitrogen and oxygen atoms in total. The number of esters is 1. The molecule has 1 aliphatic rings. The monoisotopic (exact) mass is 432 g/mol. The molecule has 27 heavy (non-hydrogen) atoms. The van der Waals surface area contributed by atoms with Crippen LogP contribution < -0.4 is 10.2 Å². The molecule has 7 heteroatoms. The number of halogens is 1.